The maximum Gasteiger partial charge on any atom is 0.249 e. The lowest BCUT2D eigenvalue weighted by atomic mass is 10.0. The van der Waals surface area contributed by atoms with E-state index in [4.69, 9.17) is 11.6 Å². The van der Waals surface area contributed by atoms with Crippen LogP contribution in [0.15, 0.2) is 30.3 Å². The summed E-state index contributed by atoms with van der Waals surface area (Å²) in [4.78, 5) is 14.1. The number of amides is 1. The van der Waals surface area contributed by atoms with Crippen molar-refractivity contribution in [2.45, 2.75) is 26.3 Å². The number of hydrogen-bond acceptors (Lipinski definition) is 2. The van der Waals surface area contributed by atoms with Crippen LogP contribution in [0.2, 0.25) is 5.15 Å². The molecule has 0 radical (unpaired) electrons. The van der Waals surface area contributed by atoms with Gasteiger partial charge >= 0.3 is 0 Å². The van der Waals surface area contributed by atoms with Crippen molar-refractivity contribution in [1.82, 2.24) is 14.7 Å². The van der Waals surface area contributed by atoms with Gasteiger partial charge in [-0.05, 0) is 20.8 Å². The predicted molar refractivity (Wildman–Crippen MR) is 85.4 cm³/mol. The average molecular weight is 306 g/mol. The van der Waals surface area contributed by atoms with Gasteiger partial charge in [-0.2, -0.15) is 5.10 Å². The molecule has 0 aliphatic carbocycles. The molecule has 0 unspecified atom stereocenters. The van der Waals surface area contributed by atoms with E-state index in [2.05, 4.69) is 5.10 Å². The van der Waals surface area contributed by atoms with Gasteiger partial charge in [-0.3, -0.25) is 4.79 Å². The van der Waals surface area contributed by atoms with Crippen molar-refractivity contribution in [1.29, 1.82) is 0 Å². The largest absolute Gasteiger partial charge is 0.347 e. The molecule has 0 aliphatic rings. The summed E-state index contributed by atoms with van der Waals surface area (Å²) in [5.41, 5.74) is 1.93. The highest BCUT2D eigenvalue weighted by Crippen LogP contribution is 2.33. The van der Waals surface area contributed by atoms with Crippen LogP contribution in [0.3, 0.4) is 0 Å². The van der Waals surface area contributed by atoms with Crippen LogP contribution >= 0.6 is 11.6 Å². The number of likely N-dealkylation sites (N-methyl/N-ethyl adjacent to an activating group) is 1. The zero-order valence-corrected chi connectivity index (χ0v) is 13.8. The van der Waals surface area contributed by atoms with E-state index in [9.17, 15) is 4.79 Å². The summed E-state index contributed by atoms with van der Waals surface area (Å²) in [5, 5.41) is 4.82. The van der Waals surface area contributed by atoms with Gasteiger partial charge in [0, 0.05) is 25.2 Å². The molecule has 21 heavy (non-hydrogen) atoms. The van der Waals surface area contributed by atoms with E-state index in [1.165, 1.54) is 0 Å². The number of carbonyl (C=O) groups is 1. The third-order valence-corrected chi connectivity index (χ3v) is 3.93. The molecule has 1 heterocycles. The van der Waals surface area contributed by atoms with Gasteiger partial charge in [0.15, 0.2) is 5.15 Å². The summed E-state index contributed by atoms with van der Waals surface area (Å²) in [7, 11) is 3.48. The topological polar surface area (TPSA) is 38.1 Å². The fourth-order valence-corrected chi connectivity index (χ4v) is 2.61. The van der Waals surface area contributed by atoms with E-state index in [0.717, 1.165) is 16.8 Å². The van der Waals surface area contributed by atoms with Gasteiger partial charge in [0.2, 0.25) is 5.91 Å². The van der Waals surface area contributed by atoms with E-state index < -0.39 is 5.54 Å². The Labute approximate surface area is 130 Å². The minimum atomic E-state index is -0.813. The highest BCUT2D eigenvalue weighted by atomic mass is 35.5. The molecule has 4 nitrogen and oxygen atoms in total. The first-order chi connectivity index (χ1) is 9.76. The molecule has 2 aromatic rings. The van der Waals surface area contributed by atoms with Gasteiger partial charge in [-0.1, -0.05) is 41.9 Å². The van der Waals surface area contributed by atoms with Crippen molar-refractivity contribution in [3.05, 3.63) is 41.0 Å². The summed E-state index contributed by atoms with van der Waals surface area (Å²) in [6, 6.07) is 9.86. The Balaban J connectivity index is 2.66. The Hall–Kier alpha value is -1.81. The molecule has 1 amide bonds. The first kappa shape index (κ1) is 15.6. The lowest BCUT2D eigenvalue weighted by Gasteiger charge is -2.29. The fourth-order valence-electron chi connectivity index (χ4n) is 2.45. The van der Waals surface area contributed by atoms with Gasteiger partial charge in [-0.15, -0.1) is 0 Å². The Kier molecular flexibility index (Phi) is 4.10. The normalized spacial score (nSPS) is 11.5. The maximum absolute atomic E-state index is 12.5. The van der Waals surface area contributed by atoms with E-state index >= 15 is 0 Å². The highest BCUT2D eigenvalue weighted by Gasteiger charge is 2.35. The Morgan fingerprint density at radius 2 is 1.81 bits per heavy atom. The molecule has 0 saturated carbocycles. The molecule has 0 bridgehead atoms. The Bertz CT molecular complexity index is 660. The average Bonchev–Trinajstić information content (AvgIpc) is 2.75. The first-order valence-electron chi connectivity index (χ1n) is 6.79. The summed E-state index contributed by atoms with van der Waals surface area (Å²) in [6.45, 7) is 5.62. The second-order valence-electron chi connectivity index (χ2n) is 5.80. The second kappa shape index (κ2) is 5.53. The van der Waals surface area contributed by atoms with E-state index in [1.807, 2.05) is 51.1 Å². The van der Waals surface area contributed by atoms with Crippen LogP contribution in [0, 0.1) is 6.92 Å². The van der Waals surface area contributed by atoms with Crippen LogP contribution in [0.4, 0.5) is 0 Å². The van der Waals surface area contributed by atoms with Gasteiger partial charge < -0.3 is 4.90 Å². The van der Waals surface area contributed by atoms with Crippen LogP contribution in [0.25, 0.3) is 11.3 Å². The number of aromatic nitrogens is 2. The number of nitrogens with zero attached hydrogens (tertiary/aromatic N) is 3. The fraction of sp³-hybridized carbons (Fsp3) is 0.375. The summed E-state index contributed by atoms with van der Waals surface area (Å²) in [5.74, 6) is -0.0288. The molecule has 2 rings (SSSR count). The molecule has 0 saturated heterocycles. The minimum Gasteiger partial charge on any atom is -0.347 e. The second-order valence-corrected chi connectivity index (χ2v) is 6.16. The molecular weight excluding hydrogens is 286 g/mol. The Morgan fingerprint density at radius 3 is 2.33 bits per heavy atom. The number of rotatable bonds is 3. The van der Waals surface area contributed by atoms with Crippen molar-refractivity contribution >= 4 is 17.5 Å². The number of carbonyl (C=O) groups excluding carboxylic acids is 1. The van der Waals surface area contributed by atoms with Crippen LogP contribution in [-0.4, -0.2) is 34.7 Å². The molecule has 0 N–H and O–H groups in total. The van der Waals surface area contributed by atoms with Gasteiger partial charge in [0.25, 0.3) is 0 Å². The SMILES string of the molecule is Cc1c(Cl)nn(C(C)(C)C(=O)N(C)C)c1-c1ccccc1. The zero-order valence-electron chi connectivity index (χ0n) is 13.0. The molecule has 112 valence electrons. The molecule has 1 aromatic carbocycles. The Morgan fingerprint density at radius 1 is 1.24 bits per heavy atom. The van der Waals surface area contributed by atoms with Crippen molar-refractivity contribution in [2.24, 2.45) is 0 Å². The summed E-state index contributed by atoms with van der Waals surface area (Å²) in [6.07, 6.45) is 0. The standard InChI is InChI=1S/C16H20ClN3O/c1-11-13(12-9-7-6-8-10-12)20(18-14(11)17)16(2,3)15(21)19(4)5/h6-10H,1-5H3. The van der Waals surface area contributed by atoms with Crippen LogP contribution in [0.5, 0.6) is 0 Å². The van der Waals surface area contributed by atoms with Crippen LogP contribution < -0.4 is 0 Å². The lowest BCUT2D eigenvalue weighted by Crippen LogP contribution is -2.44. The number of halogens is 1. The molecule has 0 spiro atoms. The molecule has 0 atom stereocenters. The van der Waals surface area contributed by atoms with Gasteiger partial charge in [-0.25, -0.2) is 4.68 Å². The number of hydrogen-bond donors (Lipinski definition) is 0. The third kappa shape index (κ3) is 2.68. The smallest absolute Gasteiger partial charge is 0.249 e. The summed E-state index contributed by atoms with van der Waals surface area (Å²) < 4.78 is 1.72. The zero-order chi connectivity index (χ0) is 15.8. The highest BCUT2D eigenvalue weighted by molar-refractivity contribution is 6.30. The minimum absolute atomic E-state index is 0.0288. The van der Waals surface area contributed by atoms with E-state index in [0.29, 0.717) is 5.15 Å². The molecule has 0 aliphatic heterocycles. The van der Waals surface area contributed by atoms with Crippen LogP contribution in [-0.2, 0) is 10.3 Å². The molecule has 0 fully saturated rings. The van der Waals surface area contributed by atoms with Crippen LogP contribution in [0.1, 0.15) is 19.4 Å². The lowest BCUT2D eigenvalue weighted by molar-refractivity contribution is -0.137. The van der Waals surface area contributed by atoms with E-state index in [1.54, 1.807) is 23.7 Å². The van der Waals surface area contributed by atoms with Crippen molar-refractivity contribution in [2.75, 3.05) is 14.1 Å². The van der Waals surface area contributed by atoms with Gasteiger partial charge in [0.05, 0.1) is 5.69 Å². The van der Waals surface area contributed by atoms with Gasteiger partial charge in [0.1, 0.15) is 5.54 Å². The van der Waals surface area contributed by atoms with E-state index in [-0.39, 0.29) is 5.91 Å². The maximum atomic E-state index is 12.5. The molecular formula is C16H20ClN3O. The quantitative estimate of drug-likeness (QED) is 0.872. The predicted octanol–water partition coefficient (Wildman–Crippen LogP) is 3.34. The molecule has 1 aromatic heterocycles. The summed E-state index contributed by atoms with van der Waals surface area (Å²) >= 11 is 6.22. The number of benzene rings is 1. The van der Waals surface area contributed by atoms with Crippen molar-refractivity contribution in [3.8, 4) is 11.3 Å². The van der Waals surface area contributed by atoms with Crippen molar-refractivity contribution < 1.29 is 4.79 Å². The monoisotopic (exact) mass is 305 g/mol. The first-order valence-corrected chi connectivity index (χ1v) is 7.17. The third-order valence-electron chi connectivity index (χ3n) is 3.57. The van der Waals surface area contributed by atoms with Crippen molar-refractivity contribution in [3.63, 3.8) is 0 Å². The molecule has 5 heteroatoms.